The number of Topliss-reactive ketones (excluding diaryl/α,β-unsaturated/α-hetero) is 2. The second-order valence-electron chi connectivity index (χ2n) is 18.0. The van der Waals surface area contributed by atoms with Crippen LogP contribution in [0.5, 0.6) is 11.5 Å². The number of ether oxygens (including phenoxy) is 3. The highest BCUT2D eigenvalue weighted by Gasteiger charge is 2.42. The summed E-state index contributed by atoms with van der Waals surface area (Å²) >= 11 is 0. The number of hydrogen-bond donors (Lipinski definition) is 4. The van der Waals surface area contributed by atoms with Gasteiger partial charge >= 0.3 is 11.9 Å². The minimum Gasteiger partial charge on any atom is -0.457 e. The number of nitrogens with one attached hydrogen (secondary N) is 4. The summed E-state index contributed by atoms with van der Waals surface area (Å²) in [7, 11) is 1.36. The predicted molar refractivity (Wildman–Crippen MR) is 251 cm³/mol. The van der Waals surface area contributed by atoms with Gasteiger partial charge < -0.3 is 35.5 Å². The number of anilines is 1. The molecule has 5 rings (SSSR count). The molecule has 0 aliphatic heterocycles. The van der Waals surface area contributed by atoms with Gasteiger partial charge in [0.05, 0.1) is 22.3 Å². The summed E-state index contributed by atoms with van der Waals surface area (Å²) in [4.78, 5) is 104. The van der Waals surface area contributed by atoms with E-state index < -0.39 is 48.5 Å². The molecule has 0 saturated heterocycles. The third kappa shape index (κ3) is 13.7. The van der Waals surface area contributed by atoms with Crippen molar-refractivity contribution in [3.8, 4) is 11.5 Å². The van der Waals surface area contributed by atoms with Crippen LogP contribution in [0.25, 0.3) is 0 Å². The lowest BCUT2D eigenvalue weighted by Crippen LogP contribution is -2.50. The lowest BCUT2D eigenvalue weighted by atomic mass is 9.62. The number of carbonyl (C=O) groups is 8. The maximum Gasteiger partial charge on any atom is 0.339 e. The number of amides is 4. The summed E-state index contributed by atoms with van der Waals surface area (Å²) in [5, 5.41) is 11.4. The molecule has 2 atom stereocenters. The van der Waals surface area contributed by atoms with Crippen molar-refractivity contribution >= 4 is 52.8 Å². The van der Waals surface area contributed by atoms with Gasteiger partial charge in [0.25, 0.3) is 23.6 Å². The Bertz CT molecular complexity index is 2670. The summed E-state index contributed by atoms with van der Waals surface area (Å²) in [6, 6.07) is 21.2. The molecular weight excluding hydrogens is 857 g/mol. The lowest BCUT2D eigenvalue weighted by Gasteiger charge is -2.47. The fraction of sp³-hybridized carbons (Fsp3) is 0.308. The van der Waals surface area contributed by atoms with E-state index in [1.165, 1.54) is 63.4 Å². The zero-order valence-corrected chi connectivity index (χ0v) is 38.8. The van der Waals surface area contributed by atoms with Crippen LogP contribution in [-0.4, -0.2) is 80.0 Å². The summed E-state index contributed by atoms with van der Waals surface area (Å²) in [6.07, 6.45) is 2.14. The fourth-order valence-corrected chi connectivity index (χ4v) is 8.10. The molecular formula is C52H56N4O11. The summed E-state index contributed by atoms with van der Waals surface area (Å²) < 4.78 is 16.4. The maximum atomic E-state index is 14.1. The number of rotatable bonds is 18. The third-order valence-electron chi connectivity index (χ3n) is 11.1. The van der Waals surface area contributed by atoms with Crippen LogP contribution < -0.4 is 26.0 Å². The van der Waals surface area contributed by atoms with Gasteiger partial charge in [-0.15, -0.1) is 0 Å². The smallest absolute Gasteiger partial charge is 0.339 e. The first-order chi connectivity index (χ1) is 31.6. The van der Waals surface area contributed by atoms with Crippen LogP contribution in [0.3, 0.4) is 0 Å². The third-order valence-corrected chi connectivity index (χ3v) is 11.1. The van der Waals surface area contributed by atoms with Crippen LogP contribution >= 0.6 is 0 Å². The number of benzene rings is 4. The van der Waals surface area contributed by atoms with Crippen molar-refractivity contribution in [1.29, 1.82) is 0 Å². The standard InChI is InChI=1S/C52H56N4O11/c1-30(2)43(57)26-65-49(63)39-18-16-37(22-41(39)47(61)53-9)67-38-17-19-40(50(64)66-27-44(58)31(3)4)42(23-38)48(62)55-35-15-11-14-34(21-35)46(60)56-36-24-51(6,7)28-52(8,25-36)29-54-45(59)33-13-10-12-32(5)20-33/h10-23,36H,1,3,24-29H2,2,4-9H3,(H,53,61)(H,54,59)(H,55,62)(H,56,60). The first-order valence-electron chi connectivity index (χ1n) is 21.5. The Morgan fingerprint density at radius 2 is 1.18 bits per heavy atom. The minimum absolute atomic E-state index is 0.0233. The van der Waals surface area contributed by atoms with Crippen LogP contribution in [0.4, 0.5) is 5.69 Å². The Balaban J connectivity index is 1.35. The van der Waals surface area contributed by atoms with Crippen molar-refractivity contribution in [3.05, 3.63) is 148 Å². The molecule has 0 bridgehead atoms. The molecule has 4 aromatic carbocycles. The zero-order valence-electron chi connectivity index (χ0n) is 38.8. The monoisotopic (exact) mass is 912 g/mol. The average molecular weight is 913 g/mol. The van der Waals surface area contributed by atoms with Crippen LogP contribution in [0.1, 0.15) is 122 Å². The topological polar surface area (TPSA) is 212 Å². The Hall–Kier alpha value is -7.68. The Morgan fingerprint density at radius 1 is 0.642 bits per heavy atom. The van der Waals surface area contributed by atoms with E-state index in [1.807, 2.05) is 25.1 Å². The van der Waals surface area contributed by atoms with Crippen molar-refractivity contribution < 1.29 is 52.6 Å². The van der Waals surface area contributed by atoms with E-state index in [4.69, 9.17) is 14.2 Å². The molecule has 0 aromatic heterocycles. The molecule has 1 aliphatic carbocycles. The van der Waals surface area contributed by atoms with E-state index in [0.29, 0.717) is 24.9 Å². The molecule has 2 unspecified atom stereocenters. The molecule has 4 amide bonds. The van der Waals surface area contributed by atoms with Gasteiger partial charge in [-0.05, 0) is 129 Å². The van der Waals surface area contributed by atoms with Gasteiger partial charge in [0.2, 0.25) is 0 Å². The molecule has 15 heteroatoms. The van der Waals surface area contributed by atoms with E-state index in [2.05, 4.69) is 55.2 Å². The van der Waals surface area contributed by atoms with Gasteiger partial charge in [0.1, 0.15) is 11.5 Å². The molecule has 0 spiro atoms. The molecule has 1 saturated carbocycles. The molecule has 1 fully saturated rings. The quantitative estimate of drug-likeness (QED) is 0.0560. The van der Waals surface area contributed by atoms with Crippen LogP contribution in [-0.2, 0) is 19.1 Å². The van der Waals surface area contributed by atoms with Crippen LogP contribution in [0, 0.1) is 17.8 Å². The van der Waals surface area contributed by atoms with E-state index in [9.17, 15) is 38.4 Å². The zero-order chi connectivity index (χ0) is 49.2. The van der Waals surface area contributed by atoms with E-state index in [-0.39, 0.29) is 84.8 Å². The Morgan fingerprint density at radius 3 is 1.72 bits per heavy atom. The second-order valence-corrected chi connectivity index (χ2v) is 18.0. The molecule has 1 aliphatic rings. The summed E-state index contributed by atoms with van der Waals surface area (Å²) in [6.45, 7) is 17.6. The molecule has 67 heavy (non-hydrogen) atoms. The highest BCUT2D eigenvalue weighted by atomic mass is 16.5. The van der Waals surface area contributed by atoms with Crippen molar-refractivity contribution in [1.82, 2.24) is 16.0 Å². The van der Waals surface area contributed by atoms with Crippen molar-refractivity contribution in [2.24, 2.45) is 10.8 Å². The maximum absolute atomic E-state index is 14.1. The van der Waals surface area contributed by atoms with Gasteiger partial charge in [-0.2, -0.15) is 0 Å². The fourth-order valence-electron chi connectivity index (χ4n) is 8.10. The van der Waals surface area contributed by atoms with Gasteiger partial charge in [-0.3, -0.25) is 28.8 Å². The number of hydrogen-bond acceptors (Lipinski definition) is 11. The predicted octanol–water partition coefficient (Wildman–Crippen LogP) is 7.75. The SMILES string of the molecule is C=C(C)C(=O)COC(=O)c1ccc(Oc2ccc(C(=O)OCC(=O)C(=C)C)c(C(=O)Nc3cccc(C(=O)NC4CC(C)(C)CC(C)(CNC(=O)c5cccc(C)c5)C4)c3)c2)cc1C(=O)NC. The first-order valence-corrected chi connectivity index (χ1v) is 21.5. The van der Waals surface area contributed by atoms with Gasteiger partial charge in [0, 0.05) is 36.4 Å². The number of esters is 2. The second kappa shape index (κ2) is 21.5. The average Bonchev–Trinajstić information content (AvgIpc) is 3.27. The number of aryl methyl sites for hydroxylation is 1. The molecule has 4 N–H and O–H groups in total. The van der Waals surface area contributed by atoms with Crippen molar-refractivity contribution in [3.63, 3.8) is 0 Å². The number of carbonyl (C=O) groups excluding carboxylic acids is 8. The summed E-state index contributed by atoms with van der Waals surface area (Å²) in [5.41, 5.74) is 1.19. The summed E-state index contributed by atoms with van der Waals surface area (Å²) in [5.74, 6) is -4.88. The van der Waals surface area contributed by atoms with Crippen molar-refractivity contribution in [2.75, 3.05) is 32.1 Å². The van der Waals surface area contributed by atoms with Crippen molar-refractivity contribution in [2.45, 2.75) is 66.8 Å². The Labute approximate surface area is 389 Å². The molecule has 350 valence electrons. The highest BCUT2D eigenvalue weighted by Crippen LogP contribution is 2.46. The minimum atomic E-state index is -0.994. The lowest BCUT2D eigenvalue weighted by molar-refractivity contribution is -0.119. The largest absolute Gasteiger partial charge is 0.457 e. The molecule has 4 aromatic rings. The first kappa shape index (κ1) is 50.3. The van der Waals surface area contributed by atoms with Gasteiger partial charge in [0.15, 0.2) is 24.8 Å². The van der Waals surface area contributed by atoms with Crippen LogP contribution in [0.2, 0.25) is 0 Å². The molecule has 0 radical (unpaired) electrons. The normalized spacial score (nSPS) is 16.0. The van der Waals surface area contributed by atoms with Crippen LogP contribution in [0.15, 0.2) is 109 Å². The van der Waals surface area contributed by atoms with Gasteiger partial charge in [-0.1, -0.05) is 57.7 Å². The van der Waals surface area contributed by atoms with E-state index >= 15 is 0 Å². The van der Waals surface area contributed by atoms with E-state index in [0.717, 1.165) is 12.0 Å². The highest BCUT2D eigenvalue weighted by molar-refractivity contribution is 6.12. The Kier molecular flexibility index (Phi) is 16.2. The van der Waals surface area contributed by atoms with Gasteiger partial charge in [-0.25, -0.2) is 9.59 Å². The molecule has 15 nitrogen and oxygen atoms in total. The molecule has 0 heterocycles. The number of ketones is 2. The van der Waals surface area contributed by atoms with E-state index in [1.54, 1.807) is 24.3 Å².